The number of rotatable bonds is 8. The molecule has 4 heterocycles. The quantitative estimate of drug-likeness (QED) is 0.608. The molecule has 0 radical (unpaired) electrons. The molecule has 2 aromatic rings. The number of unbranched alkanes of at least 4 members (excludes halogenated alkanes) is 1. The Morgan fingerprint density at radius 2 is 2.19 bits per heavy atom. The summed E-state index contributed by atoms with van der Waals surface area (Å²) in [5.74, 6) is 0.351. The summed E-state index contributed by atoms with van der Waals surface area (Å²) in [5, 5.41) is 19.1. The number of fused-ring (bicyclic) bond motifs is 1. The van der Waals surface area contributed by atoms with Gasteiger partial charge < -0.3 is 10.6 Å². The summed E-state index contributed by atoms with van der Waals surface area (Å²) < 4.78 is 3.85. The number of carbonyl (C=O) groups is 1. The molecule has 174 valence electrons. The Morgan fingerprint density at radius 1 is 1.32 bits per heavy atom. The molecule has 0 aliphatic carbocycles. The van der Waals surface area contributed by atoms with E-state index in [1.54, 1.807) is 10.9 Å². The number of amides is 1. The van der Waals surface area contributed by atoms with Gasteiger partial charge in [-0.15, -0.1) is 29.9 Å². The molecule has 2 aliphatic rings. The molecule has 0 spiro atoms. The highest BCUT2D eigenvalue weighted by Crippen LogP contribution is 2.15. The Morgan fingerprint density at radius 3 is 2.97 bits per heavy atom. The van der Waals surface area contributed by atoms with E-state index in [0.717, 1.165) is 51.5 Å². The van der Waals surface area contributed by atoms with Crippen LogP contribution in [0.4, 0.5) is 0 Å². The molecule has 1 fully saturated rings. The Hall–Kier alpha value is -1.68. The van der Waals surface area contributed by atoms with Crippen LogP contribution in [-0.2, 0) is 26.2 Å². The van der Waals surface area contributed by atoms with Crippen molar-refractivity contribution in [2.24, 2.45) is 5.92 Å². The van der Waals surface area contributed by atoms with Crippen LogP contribution in [0.5, 0.6) is 0 Å². The smallest absolute Gasteiger partial charge is 0.273 e. The van der Waals surface area contributed by atoms with Crippen molar-refractivity contribution in [1.82, 2.24) is 40.3 Å². The van der Waals surface area contributed by atoms with Crippen molar-refractivity contribution in [3.63, 3.8) is 0 Å². The highest BCUT2D eigenvalue weighted by molar-refractivity contribution is 5.91. The first-order chi connectivity index (χ1) is 14.2. The van der Waals surface area contributed by atoms with Crippen molar-refractivity contribution in [3.8, 4) is 0 Å². The molecule has 0 aromatic carbocycles. The molecule has 2 aromatic heterocycles. The van der Waals surface area contributed by atoms with E-state index in [4.69, 9.17) is 0 Å². The fourth-order valence-electron chi connectivity index (χ4n) is 4.14. The van der Waals surface area contributed by atoms with E-state index in [0.29, 0.717) is 18.2 Å². The lowest BCUT2D eigenvalue weighted by Crippen LogP contribution is -2.34. The molecule has 1 saturated heterocycles. The molecule has 0 bridgehead atoms. The maximum absolute atomic E-state index is 12.5. The maximum atomic E-state index is 12.5. The minimum atomic E-state index is -0.200. The SMILES string of the molecule is CCCCN1CCn2nc(CNC(=O)c3cn(CC4CCCNC4)nn3)cc2C1.Cl.Cl. The number of carbonyl (C=O) groups excluding carboxylic acids is 1. The average Bonchev–Trinajstić information content (AvgIpc) is 3.37. The first-order valence-electron chi connectivity index (χ1n) is 10.9. The zero-order chi connectivity index (χ0) is 20.1. The minimum Gasteiger partial charge on any atom is -0.345 e. The number of nitrogens with zero attached hydrogens (tertiary/aromatic N) is 6. The number of aromatic nitrogens is 5. The summed E-state index contributed by atoms with van der Waals surface area (Å²) in [6.07, 6.45) is 6.57. The Bertz CT molecular complexity index is 818. The van der Waals surface area contributed by atoms with Gasteiger partial charge in [0.1, 0.15) is 0 Å². The van der Waals surface area contributed by atoms with E-state index in [2.05, 4.69) is 48.6 Å². The van der Waals surface area contributed by atoms with Crippen molar-refractivity contribution in [2.75, 3.05) is 26.2 Å². The third kappa shape index (κ3) is 6.90. The summed E-state index contributed by atoms with van der Waals surface area (Å²) >= 11 is 0. The molecule has 31 heavy (non-hydrogen) atoms. The molecule has 0 saturated carbocycles. The first kappa shape index (κ1) is 25.6. The Kier molecular flexibility index (Phi) is 10.2. The van der Waals surface area contributed by atoms with E-state index < -0.39 is 0 Å². The van der Waals surface area contributed by atoms with Crippen LogP contribution < -0.4 is 10.6 Å². The third-order valence-electron chi connectivity index (χ3n) is 5.80. The van der Waals surface area contributed by atoms with Crippen molar-refractivity contribution < 1.29 is 4.79 Å². The van der Waals surface area contributed by atoms with E-state index >= 15 is 0 Å². The molecule has 4 rings (SSSR count). The summed E-state index contributed by atoms with van der Waals surface area (Å²) in [6, 6.07) is 2.10. The van der Waals surface area contributed by atoms with Gasteiger partial charge in [-0.1, -0.05) is 18.6 Å². The fourth-order valence-corrected chi connectivity index (χ4v) is 4.14. The van der Waals surface area contributed by atoms with Gasteiger partial charge in [0.15, 0.2) is 5.69 Å². The third-order valence-corrected chi connectivity index (χ3v) is 5.80. The van der Waals surface area contributed by atoms with Gasteiger partial charge in [-0.3, -0.25) is 19.1 Å². The fraction of sp³-hybridized carbons (Fsp3) is 0.700. The van der Waals surface area contributed by atoms with Gasteiger partial charge in [-0.05, 0) is 50.9 Å². The van der Waals surface area contributed by atoms with E-state index in [-0.39, 0.29) is 30.7 Å². The van der Waals surface area contributed by atoms with Gasteiger partial charge in [0.25, 0.3) is 5.91 Å². The van der Waals surface area contributed by atoms with Crippen LogP contribution in [-0.4, -0.2) is 61.8 Å². The minimum absolute atomic E-state index is 0. The highest BCUT2D eigenvalue weighted by Gasteiger charge is 2.19. The molecule has 1 amide bonds. The predicted molar refractivity (Wildman–Crippen MR) is 124 cm³/mol. The molecule has 2 N–H and O–H groups in total. The Labute approximate surface area is 196 Å². The van der Waals surface area contributed by atoms with Crippen molar-refractivity contribution in [1.29, 1.82) is 0 Å². The van der Waals surface area contributed by atoms with E-state index in [1.807, 2.05) is 0 Å². The number of halogens is 2. The summed E-state index contributed by atoms with van der Waals surface area (Å²) in [4.78, 5) is 14.9. The molecule has 9 nitrogen and oxygen atoms in total. The zero-order valence-electron chi connectivity index (χ0n) is 18.1. The maximum Gasteiger partial charge on any atom is 0.273 e. The van der Waals surface area contributed by atoms with Gasteiger partial charge in [-0.2, -0.15) is 5.10 Å². The normalized spacial score (nSPS) is 18.5. The number of hydrogen-bond donors (Lipinski definition) is 2. The molecule has 2 aliphatic heterocycles. The molecule has 1 unspecified atom stereocenters. The second-order valence-corrected chi connectivity index (χ2v) is 8.20. The topological polar surface area (TPSA) is 92.9 Å². The highest BCUT2D eigenvalue weighted by atomic mass is 35.5. The van der Waals surface area contributed by atoms with Gasteiger partial charge in [-0.25, -0.2) is 0 Å². The van der Waals surface area contributed by atoms with Gasteiger partial charge >= 0.3 is 0 Å². The van der Waals surface area contributed by atoms with Crippen LogP contribution >= 0.6 is 24.8 Å². The lowest BCUT2D eigenvalue weighted by molar-refractivity contribution is 0.0945. The summed E-state index contributed by atoms with van der Waals surface area (Å²) in [5.41, 5.74) is 2.48. The van der Waals surface area contributed by atoms with Crippen molar-refractivity contribution in [3.05, 3.63) is 29.3 Å². The van der Waals surface area contributed by atoms with E-state index in [1.165, 1.54) is 31.4 Å². The first-order valence-corrected chi connectivity index (χ1v) is 10.9. The Balaban J connectivity index is 0.00000171. The van der Waals surface area contributed by atoms with Gasteiger partial charge in [0, 0.05) is 19.6 Å². The van der Waals surface area contributed by atoms with Crippen LogP contribution in [0.1, 0.15) is 54.5 Å². The largest absolute Gasteiger partial charge is 0.345 e. The summed E-state index contributed by atoms with van der Waals surface area (Å²) in [6.45, 7) is 9.56. The van der Waals surface area contributed by atoms with Crippen LogP contribution in [0.25, 0.3) is 0 Å². The van der Waals surface area contributed by atoms with Crippen LogP contribution in [0.3, 0.4) is 0 Å². The molecule has 1 atom stereocenters. The van der Waals surface area contributed by atoms with Crippen LogP contribution in [0, 0.1) is 5.92 Å². The second-order valence-electron chi connectivity index (χ2n) is 8.20. The zero-order valence-corrected chi connectivity index (χ0v) is 19.8. The van der Waals surface area contributed by atoms with Gasteiger partial charge in [0.2, 0.25) is 0 Å². The van der Waals surface area contributed by atoms with Crippen molar-refractivity contribution in [2.45, 2.75) is 58.8 Å². The monoisotopic (exact) mass is 472 g/mol. The number of hydrogen-bond acceptors (Lipinski definition) is 6. The lowest BCUT2D eigenvalue weighted by atomic mass is 10.00. The average molecular weight is 473 g/mol. The number of piperidine rings is 1. The standard InChI is InChI=1S/C20H32N8O.2ClH/c1-2-3-7-26-8-9-28-18(14-26)10-17(24-28)12-22-20(29)19-15-27(25-23-19)13-16-5-4-6-21-11-16;;/h10,15-16,21H,2-9,11-14H2,1H3,(H,22,29);2*1H. The molecular weight excluding hydrogens is 439 g/mol. The predicted octanol–water partition coefficient (Wildman–Crippen LogP) is 1.86. The van der Waals surface area contributed by atoms with E-state index in [9.17, 15) is 4.79 Å². The molecule has 11 heteroatoms. The summed E-state index contributed by atoms with van der Waals surface area (Å²) in [7, 11) is 0. The molecular formula is C20H34Cl2N8O. The number of nitrogens with one attached hydrogen (secondary N) is 2. The second kappa shape index (κ2) is 12.4. The van der Waals surface area contributed by atoms with Crippen LogP contribution in [0.15, 0.2) is 12.3 Å². The lowest BCUT2D eigenvalue weighted by Gasteiger charge is -2.27. The van der Waals surface area contributed by atoms with Gasteiger partial charge in [0.05, 0.1) is 30.7 Å². The van der Waals surface area contributed by atoms with Crippen molar-refractivity contribution >= 4 is 30.7 Å². The van der Waals surface area contributed by atoms with Crippen LogP contribution in [0.2, 0.25) is 0 Å².